The fourth-order valence-corrected chi connectivity index (χ4v) is 6.64. The van der Waals surface area contributed by atoms with E-state index in [1.54, 1.807) is 0 Å². The zero-order valence-electron chi connectivity index (χ0n) is 14.4. The van der Waals surface area contributed by atoms with Gasteiger partial charge in [0.25, 0.3) is 0 Å². The molecular formula is C14H3Cl18O. The number of para-hydroxylation sites is 1. The van der Waals surface area contributed by atoms with Gasteiger partial charge in [0.15, 0.2) is 23.1 Å². The first-order valence-corrected chi connectivity index (χ1v) is 14.2. The van der Waals surface area contributed by atoms with E-state index in [1.807, 2.05) is 0 Å². The second kappa shape index (κ2) is 10.9. The molecule has 1 aromatic rings. The summed E-state index contributed by atoms with van der Waals surface area (Å²) in [7, 11) is 0. The summed E-state index contributed by atoms with van der Waals surface area (Å²) < 4.78 is -21.4. The molecule has 0 spiro atoms. The fourth-order valence-electron chi connectivity index (χ4n) is 2.12. The first kappa shape index (κ1) is 35.3. The van der Waals surface area contributed by atoms with Gasteiger partial charge in [-0.15, -0.1) is 0 Å². The molecule has 1 nitrogen and oxygen atoms in total. The molecule has 0 unspecified atom stereocenters. The Kier molecular flexibility index (Phi) is 11.7. The summed E-state index contributed by atoms with van der Waals surface area (Å²) in [5, 5.41) is 13.4. The predicted molar refractivity (Wildman–Crippen MR) is 152 cm³/mol. The van der Waals surface area contributed by atoms with Crippen LogP contribution in [0.2, 0.25) is 0 Å². The SMILES string of the molecule is [O]c1c(C(Cl)(Cl)C(Cl)(Cl)C(Cl)(Cl)C(Cl)(Cl)Cl)cccc1C(Cl)(Cl)C(Cl)(Cl)C(Cl)(Cl)C(Cl)(Cl)Cl. The molecule has 0 fully saturated rings. The molecule has 0 saturated heterocycles. The zero-order valence-corrected chi connectivity index (χ0v) is 28.1. The number of alkyl halides is 18. The lowest BCUT2D eigenvalue weighted by molar-refractivity contribution is 0.337. The highest BCUT2D eigenvalue weighted by Crippen LogP contribution is 2.69. The highest BCUT2D eigenvalue weighted by atomic mass is 35.6. The summed E-state index contributed by atoms with van der Waals surface area (Å²) in [6, 6.07) is 3.30. The second-order valence-electron chi connectivity index (χ2n) is 6.12. The van der Waals surface area contributed by atoms with Gasteiger partial charge in [0.1, 0.15) is 0 Å². The van der Waals surface area contributed by atoms with Crippen molar-refractivity contribution in [1.29, 1.82) is 0 Å². The Morgan fingerprint density at radius 2 is 0.667 bits per heavy atom. The quantitative estimate of drug-likeness (QED) is 0.255. The number of hydrogen-bond acceptors (Lipinski definition) is 0. The maximum Gasteiger partial charge on any atom is 0.226 e. The maximum atomic E-state index is 13.4. The number of benzene rings is 1. The Morgan fingerprint density at radius 3 is 0.879 bits per heavy atom. The standard InChI is InChI=1S/C14H3Cl18O/c15-7(16,9(19,20)11(23,24)13(27,28)29)4-2-1-3-5(6(4)33)8(17,18)10(21,22)12(25,26)14(30,31)32/h1-3H. The molecular weight excluding hydrogens is 822 g/mol. The summed E-state index contributed by atoms with van der Waals surface area (Å²) in [6.07, 6.45) is 0. The van der Waals surface area contributed by atoms with Crippen LogP contribution in [0.5, 0.6) is 5.75 Å². The van der Waals surface area contributed by atoms with Crippen molar-refractivity contribution in [2.75, 3.05) is 0 Å². The van der Waals surface area contributed by atoms with E-state index in [1.165, 1.54) is 6.07 Å². The van der Waals surface area contributed by atoms with Gasteiger partial charge in [-0.1, -0.05) is 227 Å². The molecule has 191 valence electrons. The Morgan fingerprint density at radius 1 is 0.424 bits per heavy atom. The first-order valence-electron chi connectivity index (χ1n) is 7.35. The minimum atomic E-state index is -2.77. The van der Waals surface area contributed by atoms with Gasteiger partial charge in [-0.25, -0.2) is 0 Å². The van der Waals surface area contributed by atoms with Crippen molar-refractivity contribution in [3.05, 3.63) is 29.3 Å². The third kappa shape index (κ3) is 5.99. The van der Waals surface area contributed by atoms with Crippen LogP contribution in [0.3, 0.4) is 0 Å². The molecule has 19 heteroatoms. The molecule has 0 aliphatic rings. The van der Waals surface area contributed by atoms with Crippen molar-refractivity contribution in [1.82, 2.24) is 0 Å². The van der Waals surface area contributed by atoms with Crippen molar-refractivity contribution in [3.8, 4) is 5.75 Å². The van der Waals surface area contributed by atoms with E-state index in [0.717, 1.165) is 12.1 Å². The fraction of sp³-hybridized carbons (Fsp3) is 0.571. The molecule has 1 radical (unpaired) electrons. The lowest BCUT2D eigenvalue weighted by Gasteiger charge is -2.45. The van der Waals surface area contributed by atoms with Gasteiger partial charge in [-0.2, -0.15) is 0 Å². The van der Waals surface area contributed by atoms with Gasteiger partial charge in [-0.05, 0) is 0 Å². The molecule has 0 bridgehead atoms. The maximum absolute atomic E-state index is 13.4. The van der Waals surface area contributed by atoms with Crippen LogP contribution in [0.4, 0.5) is 0 Å². The Balaban J connectivity index is 3.83. The molecule has 0 N–H and O–H groups in total. The average Bonchev–Trinajstić information content (AvgIpc) is 2.58. The van der Waals surface area contributed by atoms with Crippen molar-refractivity contribution in [3.63, 3.8) is 0 Å². The predicted octanol–water partition coefficient (Wildman–Crippen LogP) is 12.5. The highest BCUT2D eigenvalue weighted by molar-refractivity contribution is 6.81. The lowest BCUT2D eigenvalue weighted by atomic mass is 9.97. The number of halogens is 18. The topological polar surface area (TPSA) is 19.9 Å². The van der Waals surface area contributed by atoms with Crippen LogP contribution in [0.1, 0.15) is 11.1 Å². The van der Waals surface area contributed by atoms with Crippen LogP contribution in [0.25, 0.3) is 0 Å². The zero-order chi connectivity index (χ0) is 26.9. The van der Waals surface area contributed by atoms with Gasteiger partial charge < -0.3 is 0 Å². The highest BCUT2D eigenvalue weighted by Gasteiger charge is 2.71. The van der Waals surface area contributed by atoms with Crippen LogP contribution in [-0.4, -0.2) is 24.9 Å². The van der Waals surface area contributed by atoms with E-state index in [9.17, 15) is 5.11 Å². The minimum Gasteiger partial charge on any atom is -0.289 e. The summed E-state index contributed by atoms with van der Waals surface area (Å²) in [5.74, 6) is -1.13. The molecule has 0 aliphatic heterocycles. The molecule has 1 aromatic carbocycles. The van der Waals surface area contributed by atoms with Crippen LogP contribution in [0.15, 0.2) is 18.2 Å². The number of rotatable bonds is 6. The van der Waals surface area contributed by atoms with Crippen LogP contribution in [-0.2, 0) is 13.8 Å². The molecule has 0 atom stereocenters. The minimum absolute atomic E-state index is 0.605. The molecule has 0 saturated carbocycles. The van der Waals surface area contributed by atoms with Gasteiger partial charge in [0.2, 0.25) is 16.3 Å². The lowest BCUT2D eigenvalue weighted by Crippen LogP contribution is -2.55. The van der Waals surface area contributed by atoms with Gasteiger partial charge in [-0.3, -0.25) is 5.11 Å². The molecule has 0 amide bonds. The molecule has 33 heavy (non-hydrogen) atoms. The monoisotopic (exact) mass is 816 g/mol. The van der Waals surface area contributed by atoms with Crippen LogP contribution < -0.4 is 0 Å². The largest absolute Gasteiger partial charge is 0.289 e. The third-order valence-corrected chi connectivity index (χ3v) is 14.9. The van der Waals surface area contributed by atoms with Gasteiger partial charge in [0, 0.05) is 11.1 Å². The van der Waals surface area contributed by atoms with E-state index in [4.69, 9.17) is 209 Å². The second-order valence-corrected chi connectivity index (χ2v) is 18.7. The van der Waals surface area contributed by atoms with E-state index < -0.39 is 50.5 Å². The number of hydrogen-bond donors (Lipinski definition) is 0. The summed E-state index contributed by atoms with van der Waals surface area (Å²) >= 11 is 109. The van der Waals surface area contributed by atoms with E-state index in [-0.39, 0.29) is 0 Å². The Bertz CT molecular complexity index is 809. The van der Waals surface area contributed by atoms with Crippen LogP contribution in [0, 0.1) is 0 Å². The third-order valence-electron chi connectivity index (χ3n) is 3.98. The normalized spacial score (nSPS) is 15.7. The summed E-state index contributed by atoms with van der Waals surface area (Å²) in [4.78, 5) is 0. The van der Waals surface area contributed by atoms with E-state index in [0.29, 0.717) is 0 Å². The van der Waals surface area contributed by atoms with E-state index in [2.05, 4.69) is 0 Å². The summed E-state index contributed by atoms with van der Waals surface area (Å²) in [5.41, 5.74) is -1.21. The van der Waals surface area contributed by atoms with E-state index >= 15 is 0 Å². The molecule has 0 aromatic heterocycles. The van der Waals surface area contributed by atoms with Crippen molar-refractivity contribution in [2.24, 2.45) is 0 Å². The van der Waals surface area contributed by atoms with Gasteiger partial charge >= 0.3 is 0 Å². The van der Waals surface area contributed by atoms with Crippen molar-refractivity contribution in [2.45, 2.75) is 33.6 Å². The smallest absolute Gasteiger partial charge is 0.226 e. The first-order chi connectivity index (χ1) is 14.1. The molecule has 0 heterocycles. The van der Waals surface area contributed by atoms with Gasteiger partial charge in [0.05, 0.1) is 0 Å². The average molecular weight is 825 g/mol. The summed E-state index contributed by atoms with van der Waals surface area (Å²) in [6.45, 7) is 0. The Hall–Kier alpha value is 4.24. The van der Waals surface area contributed by atoms with Crippen molar-refractivity contribution >= 4 is 209 Å². The van der Waals surface area contributed by atoms with Crippen LogP contribution >= 0.6 is 209 Å². The Labute approximate surface area is 279 Å². The van der Waals surface area contributed by atoms with Crippen molar-refractivity contribution < 1.29 is 5.11 Å². The molecule has 0 aliphatic carbocycles. The molecule has 1 rings (SSSR count).